The number of ether oxygens (including phenoxy) is 1. The minimum absolute atomic E-state index is 0.0420. The Morgan fingerprint density at radius 2 is 1.94 bits per heavy atom. The summed E-state index contributed by atoms with van der Waals surface area (Å²) in [6, 6.07) is 13.3. The van der Waals surface area contributed by atoms with E-state index in [0.29, 0.717) is 25.3 Å². The normalized spacial score (nSPS) is 16.6. The van der Waals surface area contributed by atoms with E-state index in [4.69, 9.17) is 9.15 Å². The highest BCUT2D eigenvalue weighted by Gasteiger charge is 2.30. The van der Waals surface area contributed by atoms with E-state index >= 15 is 0 Å². The minimum Gasteiger partial charge on any atom is -0.467 e. The maximum atomic E-state index is 13.3. The summed E-state index contributed by atoms with van der Waals surface area (Å²) >= 11 is 0. The van der Waals surface area contributed by atoms with Gasteiger partial charge in [-0.2, -0.15) is 4.31 Å². The number of benzene rings is 1. The summed E-state index contributed by atoms with van der Waals surface area (Å²) in [4.78, 5) is 15.0. The quantitative estimate of drug-likeness (QED) is 0.497. The molecule has 1 atom stereocenters. The van der Waals surface area contributed by atoms with Gasteiger partial charge in [-0.25, -0.2) is 8.42 Å². The zero-order valence-corrected chi connectivity index (χ0v) is 18.9. The fourth-order valence-electron chi connectivity index (χ4n) is 3.63. The number of unbranched alkanes of at least 4 members (excludes halogenated alkanes) is 1. The standard InChI is InChI=1S/C23H32N2O5S/c1-2-3-15-31(27,28)25(18-22-12-8-14-30-22)19-23(26)24(17-21-11-7-13-29-21)16-20-9-5-4-6-10-20/h4-7,9-11,13,22H,2-3,8,12,14-19H2,1H3. The van der Waals surface area contributed by atoms with Crippen LogP contribution in [0.5, 0.6) is 0 Å². The molecule has 0 N–H and O–H groups in total. The van der Waals surface area contributed by atoms with Crippen molar-refractivity contribution in [2.75, 3.05) is 25.4 Å². The van der Waals surface area contributed by atoms with E-state index in [9.17, 15) is 13.2 Å². The van der Waals surface area contributed by atoms with Crippen molar-refractivity contribution < 1.29 is 22.4 Å². The smallest absolute Gasteiger partial charge is 0.238 e. The van der Waals surface area contributed by atoms with Gasteiger partial charge in [0.25, 0.3) is 0 Å². The lowest BCUT2D eigenvalue weighted by Gasteiger charge is -2.28. The molecule has 0 bridgehead atoms. The predicted octanol–water partition coefficient (Wildman–Crippen LogP) is 3.42. The van der Waals surface area contributed by atoms with E-state index in [0.717, 1.165) is 24.8 Å². The topological polar surface area (TPSA) is 80.1 Å². The van der Waals surface area contributed by atoms with Gasteiger partial charge in [0.2, 0.25) is 15.9 Å². The number of carbonyl (C=O) groups is 1. The molecule has 1 aliphatic heterocycles. The Morgan fingerprint density at radius 3 is 2.58 bits per heavy atom. The zero-order chi connectivity index (χ0) is 22.1. The van der Waals surface area contributed by atoms with E-state index < -0.39 is 10.0 Å². The molecule has 31 heavy (non-hydrogen) atoms. The van der Waals surface area contributed by atoms with E-state index in [2.05, 4.69) is 0 Å². The molecule has 1 unspecified atom stereocenters. The van der Waals surface area contributed by atoms with Gasteiger partial charge in [-0.05, 0) is 37.0 Å². The molecule has 3 rings (SSSR count). The lowest BCUT2D eigenvalue weighted by atomic mass is 10.2. The van der Waals surface area contributed by atoms with Gasteiger partial charge < -0.3 is 14.1 Å². The summed E-state index contributed by atoms with van der Waals surface area (Å²) in [6.07, 6.45) is 4.49. The third-order valence-electron chi connectivity index (χ3n) is 5.39. The van der Waals surface area contributed by atoms with E-state index in [-0.39, 0.29) is 37.4 Å². The molecule has 2 heterocycles. The average Bonchev–Trinajstić information content (AvgIpc) is 3.46. The Bertz CT molecular complexity index is 893. The molecule has 0 radical (unpaired) electrons. The van der Waals surface area contributed by atoms with Crippen LogP contribution in [0.3, 0.4) is 0 Å². The number of hydrogen-bond donors (Lipinski definition) is 0. The molecule has 8 heteroatoms. The number of nitrogens with zero attached hydrogens (tertiary/aromatic N) is 2. The number of rotatable bonds is 12. The molecule has 7 nitrogen and oxygen atoms in total. The van der Waals surface area contributed by atoms with Crippen molar-refractivity contribution in [1.82, 2.24) is 9.21 Å². The summed E-state index contributed by atoms with van der Waals surface area (Å²) in [5.74, 6) is 0.447. The molecule has 1 aromatic carbocycles. The first-order valence-corrected chi connectivity index (χ1v) is 12.5. The molecule has 1 fully saturated rings. The fraction of sp³-hybridized carbons (Fsp3) is 0.522. The lowest BCUT2D eigenvalue weighted by Crippen LogP contribution is -2.46. The van der Waals surface area contributed by atoms with Crippen LogP contribution in [-0.2, 0) is 32.6 Å². The van der Waals surface area contributed by atoms with E-state index in [1.807, 2.05) is 43.3 Å². The molecule has 1 aliphatic rings. The fourth-order valence-corrected chi connectivity index (χ4v) is 5.24. The molecular formula is C23H32N2O5S. The predicted molar refractivity (Wildman–Crippen MR) is 119 cm³/mol. The minimum atomic E-state index is -3.55. The van der Waals surface area contributed by atoms with Crippen LogP contribution in [0.2, 0.25) is 0 Å². The van der Waals surface area contributed by atoms with Crippen LogP contribution >= 0.6 is 0 Å². The monoisotopic (exact) mass is 448 g/mol. The van der Waals surface area contributed by atoms with Crippen molar-refractivity contribution in [3.8, 4) is 0 Å². The van der Waals surface area contributed by atoms with Gasteiger partial charge in [-0.3, -0.25) is 4.79 Å². The van der Waals surface area contributed by atoms with Crippen LogP contribution in [0.1, 0.15) is 43.9 Å². The van der Waals surface area contributed by atoms with Crippen molar-refractivity contribution in [1.29, 1.82) is 0 Å². The van der Waals surface area contributed by atoms with Gasteiger partial charge in [0, 0.05) is 19.7 Å². The first-order valence-electron chi connectivity index (χ1n) is 10.9. The number of amides is 1. The molecule has 0 spiro atoms. The maximum Gasteiger partial charge on any atom is 0.238 e. The van der Waals surface area contributed by atoms with Gasteiger partial charge >= 0.3 is 0 Å². The molecule has 1 saturated heterocycles. The van der Waals surface area contributed by atoms with Crippen molar-refractivity contribution in [2.24, 2.45) is 0 Å². The van der Waals surface area contributed by atoms with Crippen molar-refractivity contribution >= 4 is 15.9 Å². The summed E-state index contributed by atoms with van der Waals surface area (Å²) in [7, 11) is -3.55. The number of carbonyl (C=O) groups excluding carboxylic acids is 1. The molecular weight excluding hydrogens is 416 g/mol. The Hall–Kier alpha value is -2.16. The Labute approximate surface area is 185 Å². The number of furan rings is 1. The SMILES string of the molecule is CCCCS(=O)(=O)N(CC(=O)N(Cc1ccccc1)Cc1ccco1)CC1CCCO1. The Kier molecular flexibility index (Phi) is 8.69. The summed E-state index contributed by atoms with van der Waals surface area (Å²) in [6.45, 7) is 3.28. The van der Waals surface area contributed by atoms with Gasteiger partial charge in [-0.15, -0.1) is 0 Å². The van der Waals surface area contributed by atoms with Crippen molar-refractivity contribution in [3.63, 3.8) is 0 Å². The van der Waals surface area contributed by atoms with E-state index in [1.165, 1.54) is 4.31 Å². The zero-order valence-electron chi connectivity index (χ0n) is 18.1. The number of sulfonamides is 1. The molecule has 170 valence electrons. The third kappa shape index (κ3) is 7.19. The summed E-state index contributed by atoms with van der Waals surface area (Å²) in [5, 5.41) is 0. The second kappa shape index (κ2) is 11.5. The van der Waals surface area contributed by atoms with Crippen LogP contribution < -0.4 is 0 Å². The summed E-state index contributed by atoms with van der Waals surface area (Å²) < 4.78 is 38.4. The Morgan fingerprint density at radius 1 is 1.13 bits per heavy atom. The second-order valence-electron chi connectivity index (χ2n) is 7.91. The first kappa shape index (κ1) is 23.5. The number of hydrogen-bond acceptors (Lipinski definition) is 5. The third-order valence-corrected chi connectivity index (χ3v) is 7.26. The van der Waals surface area contributed by atoms with Crippen LogP contribution in [0.15, 0.2) is 53.1 Å². The molecule has 1 amide bonds. The first-order chi connectivity index (χ1) is 15.0. The molecule has 1 aromatic heterocycles. The summed E-state index contributed by atoms with van der Waals surface area (Å²) in [5.41, 5.74) is 0.974. The molecule has 0 saturated carbocycles. The lowest BCUT2D eigenvalue weighted by molar-refractivity contribution is -0.133. The van der Waals surface area contributed by atoms with Gasteiger partial charge in [0.05, 0.1) is 31.2 Å². The van der Waals surface area contributed by atoms with Crippen LogP contribution in [-0.4, -0.2) is 55.1 Å². The maximum absolute atomic E-state index is 13.3. The second-order valence-corrected chi connectivity index (χ2v) is 10.0. The molecule has 2 aromatic rings. The van der Waals surface area contributed by atoms with E-state index in [1.54, 1.807) is 17.2 Å². The van der Waals surface area contributed by atoms with Crippen LogP contribution in [0.25, 0.3) is 0 Å². The highest BCUT2D eigenvalue weighted by molar-refractivity contribution is 7.89. The van der Waals surface area contributed by atoms with Crippen molar-refractivity contribution in [2.45, 2.75) is 51.8 Å². The van der Waals surface area contributed by atoms with Crippen molar-refractivity contribution in [3.05, 3.63) is 60.1 Å². The highest BCUT2D eigenvalue weighted by Crippen LogP contribution is 2.18. The average molecular weight is 449 g/mol. The molecule has 0 aliphatic carbocycles. The van der Waals surface area contributed by atoms with Gasteiger partial charge in [0.15, 0.2) is 0 Å². The van der Waals surface area contributed by atoms with Gasteiger partial charge in [0.1, 0.15) is 5.76 Å². The largest absolute Gasteiger partial charge is 0.467 e. The van der Waals surface area contributed by atoms with Crippen LogP contribution in [0.4, 0.5) is 0 Å². The van der Waals surface area contributed by atoms with Gasteiger partial charge in [-0.1, -0.05) is 43.7 Å². The van der Waals surface area contributed by atoms with Crippen LogP contribution in [0, 0.1) is 0 Å². The Balaban J connectivity index is 1.76. The highest BCUT2D eigenvalue weighted by atomic mass is 32.2.